The van der Waals surface area contributed by atoms with Crippen LogP contribution in [0.5, 0.6) is 0 Å². The number of thiophene rings is 1. The zero-order valence-corrected chi connectivity index (χ0v) is 12.2. The number of hydrogen-bond donors (Lipinski definition) is 2. The van der Waals surface area contributed by atoms with Gasteiger partial charge >= 0.3 is 0 Å². The van der Waals surface area contributed by atoms with Crippen molar-refractivity contribution in [3.05, 3.63) is 63.5 Å². The fourth-order valence-electron chi connectivity index (χ4n) is 2.68. The first-order valence-corrected chi connectivity index (χ1v) is 7.61. The highest BCUT2D eigenvalue weighted by atomic mass is 32.1. The Kier molecular flexibility index (Phi) is 2.68. The predicted molar refractivity (Wildman–Crippen MR) is 82.4 cm³/mol. The number of carbonyl (C=O) groups excluding carboxylic acids is 1. The molecule has 0 fully saturated rings. The van der Waals surface area contributed by atoms with Crippen LogP contribution in [0.2, 0.25) is 0 Å². The quantitative estimate of drug-likeness (QED) is 0.762. The van der Waals surface area contributed by atoms with E-state index in [4.69, 9.17) is 0 Å². The summed E-state index contributed by atoms with van der Waals surface area (Å²) in [6.07, 6.45) is 0. The maximum atomic E-state index is 12.1. The molecule has 3 heterocycles. The Labute approximate surface area is 125 Å². The maximum absolute atomic E-state index is 12.1. The molecule has 1 amide bonds. The Balaban J connectivity index is 1.87. The van der Waals surface area contributed by atoms with Gasteiger partial charge in [0.2, 0.25) is 0 Å². The number of aryl methyl sites for hydroxylation is 1. The second-order valence-corrected chi connectivity index (χ2v) is 6.13. The van der Waals surface area contributed by atoms with Crippen molar-refractivity contribution in [2.75, 3.05) is 0 Å². The lowest BCUT2D eigenvalue weighted by atomic mass is 10.0. The van der Waals surface area contributed by atoms with Crippen molar-refractivity contribution in [3.63, 3.8) is 0 Å². The van der Waals surface area contributed by atoms with Crippen molar-refractivity contribution < 1.29 is 4.79 Å². The highest BCUT2D eigenvalue weighted by molar-refractivity contribution is 7.10. The van der Waals surface area contributed by atoms with Gasteiger partial charge in [-0.15, -0.1) is 11.3 Å². The normalized spacial score (nSPS) is 16.8. The third-order valence-corrected chi connectivity index (χ3v) is 4.69. The Morgan fingerprint density at radius 3 is 2.71 bits per heavy atom. The van der Waals surface area contributed by atoms with Gasteiger partial charge in [0.15, 0.2) is 0 Å². The van der Waals surface area contributed by atoms with Gasteiger partial charge in [-0.2, -0.15) is 5.10 Å². The molecule has 1 aromatic carbocycles. The van der Waals surface area contributed by atoms with Gasteiger partial charge in [-0.25, -0.2) is 0 Å². The summed E-state index contributed by atoms with van der Waals surface area (Å²) in [5, 5.41) is 12.3. The number of H-pyrrole nitrogens is 1. The fraction of sp³-hybridized carbons (Fsp3) is 0.125. The van der Waals surface area contributed by atoms with Gasteiger partial charge in [0.25, 0.3) is 5.91 Å². The van der Waals surface area contributed by atoms with Crippen LogP contribution in [0.3, 0.4) is 0 Å². The molecule has 0 saturated carbocycles. The number of aromatic nitrogens is 2. The monoisotopic (exact) mass is 295 g/mol. The van der Waals surface area contributed by atoms with Gasteiger partial charge < -0.3 is 5.32 Å². The van der Waals surface area contributed by atoms with Crippen LogP contribution >= 0.6 is 11.3 Å². The van der Waals surface area contributed by atoms with Crippen molar-refractivity contribution in [1.82, 2.24) is 15.5 Å². The molecule has 2 aromatic heterocycles. The maximum Gasteiger partial charge on any atom is 0.270 e. The van der Waals surface area contributed by atoms with E-state index in [-0.39, 0.29) is 11.9 Å². The van der Waals surface area contributed by atoms with Gasteiger partial charge in [-0.05, 0) is 18.4 Å². The largest absolute Gasteiger partial charge is 0.339 e. The Morgan fingerprint density at radius 2 is 2.00 bits per heavy atom. The highest BCUT2D eigenvalue weighted by Crippen LogP contribution is 2.38. The van der Waals surface area contributed by atoms with Crippen LogP contribution < -0.4 is 5.32 Å². The molecule has 21 heavy (non-hydrogen) atoms. The Hall–Kier alpha value is -2.40. The van der Waals surface area contributed by atoms with Crippen molar-refractivity contribution in [1.29, 1.82) is 0 Å². The van der Waals surface area contributed by atoms with E-state index in [1.54, 1.807) is 11.3 Å². The van der Waals surface area contributed by atoms with Gasteiger partial charge in [0.1, 0.15) is 5.69 Å². The molecule has 1 atom stereocenters. The summed E-state index contributed by atoms with van der Waals surface area (Å²) >= 11 is 1.64. The van der Waals surface area contributed by atoms with Crippen LogP contribution in [-0.2, 0) is 0 Å². The van der Waals surface area contributed by atoms with Crippen molar-refractivity contribution in [2.24, 2.45) is 0 Å². The lowest BCUT2D eigenvalue weighted by Crippen LogP contribution is -2.20. The first-order valence-electron chi connectivity index (χ1n) is 6.73. The van der Waals surface area contributed by atoms with Crippen LogP contribution in [0.1, 0.15) is 32.5 Å². The zero-order chi connectivity index (χ0) is 14.4. The number of carbonyl (C=O) groups is 1. The average molecular weight is 295 g/mol. The third-order valence-electron chi connectivity index (χ3n) is 3.75. The molecule has 104 valence electrons. The van der Waals surface area contributed by atoms with E-state index >= 15 is 0 Å². The lowest BCUT2D eigenvalue weighted by Gasteiger charge is -2.10. The molecule has 0 aliphatic carbocycles. The molecule has 0 spiro atoms. The number of benzene rings is 1. The molecule has 4 nitrogen and oxygen atoms in total. The van der Waals surface area contributed by atoms with Crippen LogP contribution in [0, 0.1) is 6.92 Å². The topological polar surface area (TPSA) is 57.8 Å². The number of fused-ring (bicyclic) bond motifs is 1. The molecular weight excluding hydrogens is 282 g/mol. The van der Waals surface area contributed by atoms with E-state index in [1.807, 2.05) is 29.6 Å². The Bertz CT molecular complexity index is 803. The smallest absolute Gasteiger partial charge is 0.270 e. The molecule has 2 N–H and O–H groups in total. The summed E-state index contributed by atoms with van der Waals surface area (Å²) in [6, 6.07) is 12.1. The summed E-state index contributed by atoms with van der Waals surface area (Å²) < 4.78 is 0. The predicted octanol–water partition coefficient (Wildman–Crippen LogP) is 3.28. The number of rotatable bonds is 2. The highest BCUT2D eigenvalue weighted by Gasteiger charge is 2.35. The second kappa shape index (κ2) is 4.56. The van der Waals surface area contributed by atoms with E-state index < -0.39 is 0 Å². The first-order chi connectivity index (χ1) is 10.2. The Morgan fingerprint density at radius 1 is 1.19 bits per heavy atom. The number of nitrogens with zero attached hydrogens (tertiary/aromatic N) is 1. The molecule has 5 heteroatoms. The number of aromatic amines is 1. The standard InChI is InChI=1S/C16H13N3OS/c1-9-4-6-10(7-5-9)13-12-14(11-3-2-8-21-11)17-16(20)15(12)19-18-13/h2-8,14H,1H3,(H,17,20)(H,18,19)/t14-/m1/s1. The summed E-state index contributed by atoms with van der Waals surface area (Å²) in [6.45, 7) is 2.05. The van der Waals surface area contributed by atoms with Crippen LogP contribution in [-0.4, -0.2) is 16.1 Å². The molecule has 0 unspecified atom stereocenters. The molecule has 4 rings (SSSR count). The summed E-state index contributed by atoms with van der Waals surface area (Å²) in [4.78, 5) is 13.2. The summed E-state index contributed by atoms with van der Waals surface area (Å²) in [5.41, 5.74) is 4.60. The first kappa shape index (κ1) is 12.3. The molecule has 0 radical (unpaired) electrons. The molecular formula is C16H13N3OS. The van der Waals surface area contributed by atoms with E-state index in [1.165, 1.54) is 5.56 Å². The molecule has 0 bridgehead atoms. The zero-order valence-electron chi connectivity index (χ0n) is 11.4. The molecule has 1 aliphatic rings. The van der Waals surface area contributed by atoms with Gasteiger partial charge in [-0.1, -0.05) is 35.9 Å². The average Bonchev–Trinajstić information content (AvgIpc) is 3.18. The van der Waals surface area contributed by atoms with Crippen molar-refractivity contribution in [2.45, 2.75) is 13.0 Å². The van der Waals surface area contributed by atoms with Crippen molar-refractivity contribution >= 4 is 17.2 Å². The minimum Gasteiger partial charge on any atom is -0.339 e. The minimum absolute atomic E-state index is 0.0886. The molecule has 3 aromatic rings. The number of amides is 1. The molecule has 1 aliphatic heterocycles. The van der Waals surface area contributed by atoms with E-state index in [9.17, 15) is 4.79 Å². The molecule has 0 saturated heterocycles. The van der Waals surface area contributed by atoms with Crippen molar-refractivity contribution in [3.8, 4) is 11.3 Å². The van der Waals surface area contributed by atoms with Crippen LogP contribution in [0.15, 0.2) is 41.8 Å². The van der Waals surface area contributed by atoms with E-state index in [0.29, 0.717) is 5.69 Å². The summed E-state index contributed by atoms with van der Waals surface area (Å²) in [5.74, 6) is -0.0886. The summed E-state index contributed by atoms with van der Waals surface area (Å²) in [7, 11) is 0. The second-order valence-electron chi connectivity index (χ2n) is 5.15. The number of nitrogens with one attached hydrogen (secondary N) is 2. The van der Waals surface area contributed by atoms with Gasteiger partial charge in [0.05, 0.1) is 11.7 Å². The lowest BCUT2D eigenvalue weighted by molar-refractivity contribution is 0.0956. The SMILES string of the molecule is Cc1ccc(-c2n[nH]c3c2[C@@H](c2cccs2)NC3=O)cc1. The van der Waals surface area contributed by atoms with Crippen LogP contribution in [0.25, 0.3) is 11.3 Å². The van der Waals surface area contributed by atoms with E-state index in [2.05, 4.69) is 34.6 Å². The van der Waals surface area contributed by atoms with E-state index in [0.717, 1.165) is 21.7 Å². The van der Waals surface area contributed by atoms with Crippen LogP contribution in [0.4, 0.5) is 0 Å². The fourth-order valence-corrected chi connectivity index (χ4v) is 3.46. The third kappa shape index (κ3) is 1.89. The van der Waals surface area contributed by atoms with Gasteiger partial charge in [0, 0.05) is 16.0 Å². The number of hydrogen-bond acceptors (Lipinski definition) is 3. The minimum atomic E-state index is -0.109. The van der Waals surface area contributed by atoms with Gasteiger partial charge in [-0.3, -0.25) is 9.89 Å².